The van der Waals surface area contributed by atoms with Crippen LogP contribution in [-0.4, -0.2) is 23.2 Å². The summed E-state index contributed by atoms with van der Waals surface area (Å²) in [6.45, 7) is 1.61. The molecule has 0 aliphatic carbocycles. The highest BCUT2D eigenvalue weighted by molar-refractivity contribution is 6.30. The molecule has 18 heavy (non-hydrogen) atoms. The largest absolute Gasteiger partial charge is 0.385 e. The van der Waals surface area contributed by atoms with Crippen LogP contribution in [0.15, 0.2) is 30.3 Å². The molecule has 2 heterocycles. The molecule has 4 heteroatoms. The highest BCUT2D eigenvalue weighted by atomic mass is 35.5. The van der Waals surface area contributed by atoms with Crippen LogP contribution in [0.5, 0.6) is 0 Å². The number of fused-ring (bicyclic) bond motifs is 1. The van der Waals surface area contributed by atoms with Gasteiger partial charge in [0, 0.05) is 10.9 Å². The van der Waals surface area contributed by atoms with Crippen molar-refractivity contribution in [3.63, 3.8) is 0 Å². The number of benzene rings is 1. The summed E-state index contributed by atoms with van der Waals surface area (Å²) in [6, 6.07) is 9.79. The second kappa shape index (κ2) is 4.50. The molecule has 3 rings (SSSR count). The minimum atomic E-state index is -0.848. The van der Waals surface area contributed by atoms with Gasteiger partial charge in [-0.15, -0.1) is 0 Å². The quantitative estimate of drug-likeness (QED) is 0.776. The van der Waals surface area contributed by atoms with E-state index in [4.69, 9.17) is 11.6 Å². The first-order valence-corrected chi connectivity index (χ1v) is 6.56. The predicted octanol–water partition coefficient (Wildman–Crippen LogP) is 2.46. The summed E-state index contributed by atoms with van der Waals surface area (Å²) >= 11 is 6.23. The number of piperidine rings is 1. The fourth-order valence-corrected chi connectivity index (χ4v) is 2.85. The Hall–Kier alpha value is -1.16. The number of hydrogen-bond acceptors (Lipinski definition) is 3. The van der Waals surface area contributed by atoms with Crippen molar-refractivity contribution in [2.24, 2.45) is 0 Å². The van der Waals surface area contributed by atoms with Gasteiger partial charge in [-0.3, -0.25) is 0 Å². The number of rotatable bonds is 1. The van der Waals surface area contributed by atoms with E-state index in [0.717, 1.165) is 29.6 Å². The maximum Gasteiger partial charge on any atom is 0.135 e. The summed E-state index contributed by atoms with van der Waals surface area (Å²) in [5.41, 5.74) is 0.771. The third kappa shape index (κ3) is 1.99. The summed E-state index contributed by atoms with van der Waals surface area (Å²) in [5, 5.41) is 15.4. The minimum Gasteiger partial charge on any atom is -0.385 e. The van der Waals surface area contributed by atoms with E-state index >= 15 is 0 Å². The van der Waals surface area contributed by atoms with Gasteiger partial charge >= 0.3 is 0 Å². The van der Waals surface area contributed by atoms with E-state index < -0.39 is 5.60 Å². The SMILES string of the molecule is OC1(c2cc3ccccc3nc2Cl)CCNCC1. The molecule has 3 nitrogen and oxygen atoms in total. The number of para-hydroxylation sites is 1. The number of aliphatic hydroxyl groups is 1. The third-order valence-corrected chi connectivity index (χ3v) is 3.90. The van der Waals surface area contributed by atoms with Crippen molar-refractivity contribution >= 4 is 22.5 Å². The average molecular weight is 263 g/mol. The molecule has 0 unspecified atom stereocenters. The van der Waals surface area contributed by atoms with Crippen LogP contribution in [0.2, 0.25) is 5.15 Å². The average Bonchev–Trinajstić information content (AvgIpc) is 2.38. The topological polar surface area (TPSA) is 45.2 Å². The molecule has 1 aliphatic rings. The van der Waals surface area contributed by atoms with E-state index in [1.54, 1.807) is 0 Å². The lowest BCUT2D eigenvalue weighted by atomic mass is 9.85. The van der Waals surface area contributed by atoms with Crippen molar-refractivity contribution < 1.29 is 5.11 Å². The molecule has 1 aromatic carbocycles. The Morgan fingerprint density at radius 3 is 2.72 bits per heavy atom. The molecule has 0 bridgehead atoms. The molecule has 2 N–H and O–H groups in total. The number of nitrogens with one attached hydrogen (secondary N) is 1. The van der Waals surface area contributed by atoms with Gasteiger partial charge in [0.2, 0.25) is 0 Å². The van der Waals surface area contributed by atoms with Crippen LogP contribution in [0.4, 0.5) is 0 Å². The Morgan fingerprint density at radius 2 is 1.94 bits per heavy atom. The van der Waals surface area contributed by atoms with Crippen molar-refractivity contribution in [2.45, 2.75) is 18.4 Å². The first kappa shape index (κ1) is 11.9. The highest BCUT2D eigenvalue weighted by Crippen LogP contribution is 2.35. The zero-order valence-electron chi connectivity index (χ0n) is 9.99. The van der Waals surface area contributed by atoms with Crippen LogP contribution in [0.25, 0.3) is 10.9 Å². The maximum absolute atomic E-state index is 10.7. The maximum atomic E-state index is 10.7. The van der Waals surface area contributed by atoms with Crippen molar-refractivity contribution in [1.29, 1.82) is 0 Å². The number of nitrogens with zero attached hydrogens (tertiary/aromatic N) is 1. The molecular weight excluding hydrogens is 248 g/mol. The van der Waals surface area contributed by atoms with Gasteiger partial charge in [0.25, 0.3) is 0 Å². The number of aromatic nitrogens is 1. The Labute approximate surface area is 111 Å². The molecule has 1 aromatic heterocycles. The third-order valence-electron chi connectivity index (χ3n) is 3.61. The van der Waals surface area contributed by atoms with Crippen LogP contribution in [0, 0.1) is 0 Å². The lowest BCUT2D eigenvalue weighted by molar-refractivity contribution is 0.00589. The summed E-state index contributed by atoms with van der Waals surface area (Å²) in [4.78, 5) is 4.38. The molecule has 1 saturated heterocycles. The van der Waals surface area contributed by atoms with E-state index in [0.29, 0.717) is 18.0 Å². The molecule has 1 fully saturated rings. The molecule has 1 aliphatic heterocycles. The zero-order valence-corrected chi connectivity index (χ0v) is 10.7. The van der Waals surface area contributed by atoms with E-state index in [-0.39, 0.29) is 0 Å². The van der Waals surface area contributed by atoms with Gasteiger partial charge in [-0.25, -0.2) is 4.98 Å². The summed E-state index contributed by atoms with van der Waals surface area (Å²) in [6.07, 6.45) is 1.35. The highest BCUT2D eigenvalue weighted by Gasteiger charge is 2.33. The van der Waals surface area contributed by atoms with E-state index in [2.05, 4.69) is 10.3 Å². The normalized spacial score (nSPS) is 19.0. The zero-order chi connectivity index (χ0) is 12.6. The van der Waals surface area contributed by atoms with Crippen LogP contribution >= 0.6 is 11.6 Å². The van der Waals surface area contributed by atoms with Crippen molar-refractivity contribution in [3.05, 3.63) is 41.0 Å². The Morgan fingerprint density at radius 1 is 1.22 bits per heavy atom. The van der Waals surface area contributed by atoms with Gasteiger partial charge in [0.1, 0.15) is 5.15 Å². The fourth-order valence-electron chi connectivity index (χ4n) is 2.53. The first-order valence-electron chi connectivity index (χ1n) is 6.18. The monoisotopic (exact) mass is 262 g/mol. The van der Waals surface area contributed by atoms with Crippen LogP contribution in [0.3, 0.4) is 0 Å². The molecule has 0 saturated carbocycles. The van der Waals surface area contributed by atoms with Gasteiger partial charge in [-0.2, -0.15) is 0 Å². The van der Waals surface area contributed by atoms with E-state index in [1.165, 1.54) is 0 Å². The van der Waals surface area contributed by atoms with Gasteiger partial charge in [-0.05, 0) is 38.1 Å². The summed E-state index contributed by atoms with van der Waals surface area (Å²) < 4.78 is 0. The molecular formula is C14H15ClN2O. The van der Waals surface area contributed by atoms with Crippen LogP contribution < -0.4 is 5.32 Å². The second-order valence-electron chi connectivity index (χ2n) is 4.80. The lowest BCUT2D eigenvalue weighted by Gasteiger charge is -2.33. The number of halogens is 1. The molecule has 0 atom stereocenters. The molecule has 0 radical (unpaired) electrons. The Balaban J connectivity index is 2.13. The minimum absolute atomic E-state index is 0.415. The van der Waals surface area contributed by atoms with Gasteiger partial charge in [0.15, 0.2) is 0 Å². The van der Waals surface area contributed by atoms with Gasteiger partial charge < -0.3 is 10.4 Å². The van der Waals surface area contributed by atoms with Gasteiger partial charge in [-0.1, -0.05) is 29.8 Å². The lowest BCUT2D eigenvalue weighted by Crippen LogP contribution is -2.40. The Bertz CT molecular complexity index is 579. The standard InChI is InChI=1S/C14H15ClN2O/c15-13-11(14(18)5-7-16-8-6-14)9-10-3-1-2-4-12(10)17-13/h1-4,9,16,18H,5-8H2. The first-order chi connectivity index (χ1) is 8.69. The van der Waals surface area contributed by atoms with Crippen LogP contribution in [0.1, 0.15) is 18.4 Å². The van der Waals surface area contributed by atoms with Crippen molar-refractivity contribution in [1.82, 2.24) is 10.3 Å². The van der Waals surface area contributed by atoms with Crippen molar-refractivity contribution in [3.8, 4) is 0 Å². The van der Waals surface area contributed by atoms with Gasteiger partial charge in [0.05, 0.1) is 11.1 Å². The second-order valence-corrected chi connectivity index (χ2v) is 5.16. The smallest absolute Gasteiger partial charge is 0.135 e. The fraction of sp³-hybridized carbons (Fsp3) is 0.357. The number of pyridine rings is 1. The predicted molar refractivity (Wildman–Crippen MR) is 72.8 cm³/mol. The molecule has 0 amide bonds. The van der Waals surface area contributed by atoms with E-state index in [9.17, 15) is 5.11 Å². The molecule has 94 valence electrons. The Kier molecular flexibility index (Phi) is 2.98. The number of hydrogen-bond donors (Lipinski definition) is 2. The molecule has 2 aromatic rings. The van der Waals surface area contributed by atoms with Crippen molar-refractivity contribution in [2.75, 3.05) is 13.1 Å². The van der Waals surface area contributed by atoms with Crippen LogP contribution in [-0.2, 0) is 5.60 Å². The summed E-state index contributed by atoms with van der Waals surface area (Å²) in [5.74, 6) is 0. The van der Waals surface area contributed by atoms with E-state index in [1.807, 2.05) is 30.3 Å². The molecule has 0 spiro atoms. The summed E-state index contributed by atoms with van der Waals surface area (Å²) in [7, 11) is 0.